The molecule has 8 heteroatoms. The third kappa shape index (κ3) is 3.28. The summed E-state index contributed by atoms with van der Waals surface area (Å²) in [5, 5.41) is 3.17. The maximum absolute atomic E-state index is 12.4. The molecule has 116 valence electrons. The summed E-state index contributed by atoms with van der Waals surface area (Å²) in [6, 6.07) is 4.82. The summed E-state index contributed by atoms with van der Waals surface area (Å²) in [5.41, 5.74) is 2.13. The van der Waals surface area contributed by atoms with Crippen LogP contribution in [0.5, 0.6) is 0 Å². The van der Waals surface area contributed by atoms with Crippen molar-refractivity contribution in [2.45, 2.75) is 36.9 Å². The van der Waals surface area contributed by atoms with Crippen LogP contribution < -0.4 is 10.0 Å². The summed E-state index contributed by atoms with van der Waals surface area (Å²) in [5.74, 6) is 0.0998. The van der Waals surface area contributed by atoms with Crippen LogP contribution in [0.1, 0.15) is 24.0 Å². The molecule has 6 nitrogen and oxygen atoms in total. The number of hydrogen-bond acceptors (Lipinski definition) is 5. The molecular weight excluding hydrogens is 312 g/mol. The summed E-state index contributed by atoms with van der Waals surface area (Å²) in [6.45, 7) is 1.45. The van der Waals surface area contributed by atoms with Crippen molar-refractivity contribution in [1.82, 2.24) is 10.0 Å². The van der Waals surface area contributed by atoms with Crippen LogP contribution in [0.2, 0.25) is 0 Å². The Morgan fingerprint density at radius 3 is 2.48 bits per heavy atom. The molecule has 0 unspecified atom stereocenters. The van der Waals surface area contributed by atoms with E-state index in [9.17, 15) is 16.8 Å². The number of sulfonamides is 1. The van der Waals surface area contributed by atoms with Crippen LogP contribution in [0, 0.1) is 0 Å². The number of benzene rings is 1. The number of rotatable bonds is 3. The molecule has 21 heavy (non-hydrogen) atoms. The molecule has 0 bridgehead atoms. The van der Waals surface area contributed by atoms with Gasteiger partial charge in [-0.3, -0.25) is 0 Å². The average molecular weight is 330 g/mol. The molecule has 1 saturated heterocycles. The van der Waals surface area contributed by atoms with Gasteiger partial charge >= 0.3 is 0 Å². The molecule has 1 aromatic carbocycles. The summed E-state index contributed by atoms with van der Waals surface area (Å²) >= 11 is 0. The monoisotopic (exact) mass is 330 g/mol. The smallest absolute Gasteiger partial charge is 0.240 e. The zero-order chi connectivity index (χ0) is 15.1. The van der Waals surface area contributed by atoms with Crippen molar-refractivity contribution < 1.29 is 16.8 Å². The van der Waals surface area contributed by atoms with Gasteiger partial charge in [0.25, 0.3) is 0 Å². The van der Waals surface area contributed by atoms with E-state index in [1.807, 2.05) is 6.07 Å². The van der Waals surface area contributed by atoms with Crippen molar-refractivity contribution in [3.8, 4) is 0 Å². The predicted molar refractivity (Wildman–Crippen MR) is 79.0 cm³/mol. The zero-order valence-corrected chi connectivity index (χ0v) is 13.1. The predicted octanol–water partition coefficient (Wildman–Crippen LogP) is 0.145. The number of sulfone groups is 1. The summed E-state index contributed by atoms with van der Waals surface area (Å²) in [4.78, 5) is 0.249. The summed E-state index contributed by atoms with van der Waals surface area (Å²) in [7, 11) is -6.58. The second-order valence-electron chi connectivity index (χ2n) is 5.58. The van der Waals surface area contributed by atoms with Crippen LogP contribution in [0.3, 0.4) is 0 Å². The lowest BCUT2D eigenvalue weighted by molar-refractivity contribution is 0.505. The molecule has 3 rings (SSSR count). The van der Waals surface area contributed by atoms with Gasteiger partial charge in [0.1, 0.15) is 9.84 Å². The molecule has 0 spiro atoms. The van der Waals surface area contributed by atoms with Crippen LogP contribution >= 0.6 is 0 Å². The zero-order valence-electron chi connectivity index (χ0n) is 11.5. The molecule has 0 aromatic heterocycles. The largest absolute Gasteiger partial charge is 0.309 e. The fourth-order valence-corrected chi connectivity index (χ4v) is 5.58. The molecule has 0 radical (unpaired) electrons. The van der Waals surface area contributed by atoms with E-state index in [4.69, 9.17) is 0 Å². The van der Waals surface area contributed by atoms with Gasteiger partial charge in [0.15, 0.2) is 0 Å². The van der Waals surface area contributed by atoms with Gasteiger partial charge in [0, 0.05) is 19.1 Å². The van der Waals surface area contributed by atoms with Crippen LogP contribution in [0.25, 0.3) is 0 Å². The lowest BCUT2D eigenvalue weighted by Gasteiger charge is -2.23. The molecule has 2 heterocycles. The van der Waals surface area contributed by atoms with Gasteiger partial charge < -0.3 is 5.32 Å². The van der Waals surface area contributed by atoms with Crippen LogP contribution in [-0.2, 0) is 33.0 Å². The highest BCUT2D eigenvalue weighted by Crippen LogP contribution is 2.21. The Morgan fingerprint density at radius 2 is 1.76 bits per heavy atom. The molecule has 1 aromatic rings. The maximum Gasteiger partial charge on any atom is 0.240 e. The van der Waals surface area contributed by atoms with Crippen molar-refractivity contribution in [2.75, 3.05) is 11.5 Å². The molecule has 2 aliphatic rings. The minimum atomic E-state index is -3.59. The summed E-state index contributed by atoms with van der Waals surface area (Å²) in [6.07, 6.45) is 0.683. The standard InChI is InChI=1S/C13H18N2O4S2/c16-20(17)5-3-12(4-6-20)15-21(18,19)13-2-1-10-8-14-9-11(10)7-13/h1-2,7,12,14-15H,3-6,8-9H2. The first kappa shape index (κ1) is 15.0. The third-order valence-corrected chi connectivity index (χ3v) is 7.23. The van der Waals surface area contributed by atoms with Gasteiger partial charge in [-0.1, -0.05) is 6.07 Å². The SMILES string of the molecule is O=S1(=O)CCC(NS(=O)(=O)c2ccc3c(c2)CNC3)CC1. The molecule has 0 atom stereocenters. The van der Waals surface area contributed by atoms with Gasteiger partial charge in [-0.25, -0.2) is 21.6 Å². The van der Waals surface area contributed by atoms with E-state index in [0.717, 1.165) is 17.7 Å². The highest BCUT2D eigenvalue weighted by Gasteiger charge is 2.28. The highest BCUT2D eigenvalue weighted by atomic mass is 32.2. The molecule has 0 saturated carbocycles. The van der Waals surface area contributed by atoms with Gasteiger partial charge in [-0.05, 0) is 36.1 Å². The fraction of sp³-hybridized carbons (Fsp3) is 0.538. The Balaban J connectivity index is 1.75. The van der Waals surface area contributed by atoms with Gasteiger partial charge in [-0.2, -0.15) is 0 Å². The van der Waals surface area contributed by atoms with Crippen molar-refractivity contribution >= 4 is 19.9 Å². The Kier molecular flexibility index (Phi) is 3.81. The first-order valence-corrected chi connectivity index (χ1v) is 10.2. The molecular formula is C13H18N2O4S2. The third-order valence-electron chi connectivity index (χ3n) is 4.00. The number of nitrogens with one attached hydrogen (secondary N) is 2. The minimum Gasteiger partial charge on any atom is -0.309 e. The molecule has 0 amide bonds. The Labute approximate surface area is 124 Å². The second kappa shape index (κ2) is 5.35. The Morgan fingerprint density at radius 1 is 1.10 bits per heavy atom. The van der Waals surface area contributed by atoms with E-state index in [1.165, 1.54) is 0 Å². The highest BCUT2D eigenvalue weighted by molar-refractivity contribution is 7.91. The summed E-state index contributed by atoms with van der Waals surface area (Å²) < 4.78 is 50.1. The van der Waals surface area contributed by atoms with Crippen LogP contribution in [0.4, 0.5) is 0 Å². The van der Waals surface area contributed by atoms with E-state index in [2.05, 4.69) is 10.0 Å². The Hall–Kier alpha value is -0.960. The fourth-order valence-electron chi connectivity index (χ4n) is 2.73. The quantitative estimate of drug-likeness (QED) is 0.823. The lowest BCUT2D eigenvalue weighted by atomic mass is 10.1. The van der Waals surface area contributed by atoms with Gasteiger partial charge in [0.2, 0.25) is 10.0 Å². The van der Waals surface area contributed by atoms with E-state index in [-0.39, 0.29) is 22.4 Å². The molecule has 2 N–H and O–H groups in total. The molecule has 0 aliphatic carbocycles. The number of fused-ring (bicyclic) bond motifs is 1. The van der Waals surface area contributed by atoms with Crippen LogP contribution in [0.15, 0.2) is 23.1 Å². The Bertz CT molecular complexity index is 742. The van der Waals surface area contributed by atoms with E-state index >= 15 is 0 Å². The van der Waals surface area contributed by atoms with Gasteiger partial charge in [0.05, 0.1) is 16.4 Å². The van der Waals surface area contributed by atoms with Crippen molar-refractivity contribution in [3.63, 3.8) is 0 Å². The second-order valence-corrected chi connectivity index (χ2v) is 9.60. The normalized spacial score (nSPS) is 22.1. The maximum atomic E-state index is 12.4. The van der Waals surface area contributed by atoms with E-state index in [1.54, 1.807) is 12.1 Å². The number of hydrogen-bond donors (Lipinski definition) is 2. The van der Waals surface area contributed by atoms with Crippen LogP contribution in [-0.4, -0.2) is 34.4 Å². The van der Waals surface area contributed by atoms with Crippen molar-refractivity contribution in [2.24, 2.45) is 0 Å². The molecule has 2 aliphatic heterocycles. The van der Waals surface area contributed by atoms with Crippen molar-refractivity contribution in [1.29, 1.82) is 0 Å². The minimum absolute atomic E-state index is 0.0499. The van der Waals surface area contributed by atoms with E-state index < -0.39 is 19.9 Å². The lowest BCUT2D eigenvalue weighted by Crippen LogP contribution is -2.40. The van der Waals surface area contributed by atoms with Gasteiger partial charge in [-0.15, -0.1) is 0 Å². The average Bonchev–Trinajstić information content (AvgIpc) is 2.88. The molecule has 1 fully saturated rings. The van der Waals surface area contributed by atoms with Crippen molar-refractivity contribution in [3.05, 3.63) is 29.3 Å². The van der Waals surface area contributed by atoms with E-state index in [0.29, 0.717) is 19.4 Å². The first-order valence-electron chi connectivity index (χ1n) is 6.91. The first-order chi connectivity index (χ1) is 9.86. The topological polar surface area (TPSA) is 92.3 Å².